The standard InChI is InChI=1S/C24H28FN5O/c1-23(2)13-19(21(25)24(3,4)29-23)30-9-7-15-11-18(27-28-22(15)30)16-10-14-6-5-8-26-17(14)12-20(16)31/h5-6,8,10-12,19,21,29,31H,7,9,13H2,1-4H3/t19-,21-/m0/s1. The first kappa shape index (κ1) is 20.1. The van der Waals surface area contributed by atoms with Gasteiger partial charge in [-0.15, -0.1) is 10.2 Å². The first-order valence-electron chi connectivity index (χ1n) is 10.8. The molecule has 1 saturated heterocycles. The molecule has 2 N–H and O–H groups in total. The molecule has 1 aromatic carbocycles. The fourth-order valence-electron chi connectivity index (χ4n) is 5.33. The van der Waals surface area contributed by atoms with E-state index in [0.717, 1.165) is 35.2 Å². The number of pyridine rings is 1. The SMILES string of the molecule is CC1(C)C[C@H](N2CCc3cc(-c4cc5cccnc5cc4O)nnc32)[C@H](F)C(C)(C)N1. The molecule has 5 rings (SSSR count). The molecule has 3 aromatic rings. The van der Waals surface area contributed by atoms with Gasteiger partial charge in [0.2, 0.25) is 0 Å². The number of phenolic OH excluding ortho intramolecular Hbond substituents is 1. The van der Waals surface area contributed by atoms with Crippen LogP contribution < -0.4 is 10.2 Å². The average Bonchev–Trinajstić information content (AvgIpc) is 3.12. The van der Waals surface area contributed by atoms with Gasteiger partial charge in [-0.3, -0.25) is 4.98 Å². The first-order chi connectivity index (χ1) is 14.6. The predicted octanol–water partition coefficient (Wildman–Crippen LogP) is 4.02. The fraction of sp³-hybridized carbons (Fsp3) is 0.458. The van der Waals surface area contributed by atoms with Gasteiger partial charge in [-0.25, -0.2) is 4.39 Å². The smallest absolute Gasteiger partial charge is 0.154 e. The molecule has 2 aliphatic rings. The number of piperidine rings is 1. The molecule has 0 aliphatic carbocycles. The van der Waals surface area contributed by atoms with E-state index in [1.165, 1.54) is 0 Å². The van der Waals surface area contributed by atoms with Gasteiger partial charge in [0.15, 0.2) is 5.82 Å². The largest absolute Gasteiger partial charge is 0.507 e. The monoisotopic (exact) mass is 421 g/mol. The average molecular weight is 422 g/mol. The number of anilines is 1. The Hall–Kier alpha value is -2.80. The van der Waals surface area contributed by atoms with Crippen molar-refractivity contribution in [1.29, 1.82) is 0 Å². The zero-order valence-corrected chi connectivity index (χ0v) is 18.4. The van der Waals surface area contributed by atoms with E-state index in [4.69, 9.17) is 0 Å². The van der Waals surface area contributed by atoms with Gasteiger partial charge in [0, 0.05) is 46.4 Å². The van der Waals surface area contributed by atoms with Gasteiger partial charge in [0.25, 0.3) is 0 Å². The lowest BCUT2D eigenvalue weighted by Gasteiger charge is -2.51. The van der Waals surface area contributed by atoms with E-state index in [2.05, 4.69) is 39.2 Å². The molecule has 2 atom stereocenters. The second-order valence-corrected chi connectivity index (χ2v) is 9.99. The van der Waals surface area contributed by atoms with Crippen molar-refractivity contribution in [2.75, 3.05) is 11.4 Å². The van der Waals surface area contributed by atoms with E-state index >= 15 is 4.39 Å². The number of aromatic nitrogens is 3. The van der Waals surface area contributed by atoms with Crippen LogP contribution in [0.5, 0.6) is 5.75 Å². The van der Waals surface area contributed by atoms with Gasteiger partial charge in [0.05, 0.1) is 17.3 Å². The van der Waals surface area contributed by atoms with Crippen LogP contribution in [0.4, 0.5) is 10.2 Å². The third kappa shape index (κ3) is 3.41. The quantitative estimate of drug-likeness (QED) is 0.651. The van der Waals surface area contributed by atoms with Crippen LogP contribution in [0.1, 0.15) is 39.7 Å². The van der Waals surface area contributed by atoms with Crippen LogP contribution >= 0.6 is 0 Å². The van der Waals surface area contributed by atoms with E-state index in [1.54, 1.807) is 12.3 Å². The summed E-state index contributed by atoms with van der Waals surface area (Å²) < 4.78 is 15.5. The van der Waals surface area contributed by atoms with Gasteiger partial charge in [-0.05, 0) is 58.7 Å². The first-order valence-corrected chi connectivity index (χ1v) is 10.8. The van der Waals surface area contributed by atoms with Crippen LogP contribution in [0, 0.1) is 0 Å². The molecule has 1 fully saturated rings. The van der Waals surface area contributed by atoms with Crippen molar-refractivity contribution in [1.82, 2.24) is 20.5 Å². The number of rotatable bonds is 2. The summed E-state index contributed by atoms with van der Waals surface area (Å²) in [5.74, 6) is 0.882. The maximum absolute atomic E-state index is 15.5. The molecular weight excluding hydrogens is 393 g/mol. The normalized spacial score (nSPS) is 24.4. The Morgan fingerprint density at radius 3 is 2.77 bits per heavy atom. The number of aromatic hydroxyl groups is 1. The lowest BCUT2D eigenvalue weighted by Crippen LogP contribution is -2.69. The molecule has 2 aromatic heterocycles. The number of hydrogen-bond acceptors (Lipinski definition) is 6. The number of hydrogen-bond donors (Lipinski definition) is 2. The highest BCUT2D eigenvalue weighted by Gasteiger charge is 2.49. The van der Waals surface area contributed by atoms with Crippen LogP contribution in [0.3, 0.4) is 0 Å². The van der Waals surface area contributed by atoms with Gasteiger partial charge >= 0.3 is 0 Å². The number of nitrogens with zero attached hydrogens (tertiary/aromatic N) is 4. The molecule has 0 spiro atoms. The van der Waals surface area contributed by atoms with Crippen LogP contribution in [0.25, 0.3) is 22.2 Å². The van der Waals surface area contributed by atoms with Crippen molar-refractivity contribution >= 4 is 16.7 Å². The summed E-state index contributed by atoms with van der Waals surface area (Å²) in [5, 5.41) is 23.8. The number of benzene rings is 1. The van der Waals surface area contributed by atoms with Crippen molar-refractivity contribution in [3.8, 4) is 17.0 Å². The van der Waals surface area contributed by atoms with Crippen molar-refractivity contribution in [3.05, 3.63) is 42.1 Å². The van der Waals surface area contributed by atoms with Crippen LogP contribution in [0.2, 0.25) is 0 Å². The van der Waals surface area contributed by atoms with Crippen molar-refractivity contribution < 1.29 is 9.50 Å². The highest BCUT2D eigenvalue weighted by atomic mass is 19.1. The minimum atomic E-state index is -1.02. The van der Waals surface area contributed by atoms with Gasteiger partial charge in [0.1, 0.15) is 11.9 Å². The minimum absolute atomic E-state index is 0.126. The third-order valence-corrected chi connectivity index (χ3v) is 6.55. The highest BCUT2D eigenvalue weighted by molar-refractivity contribution is 5.87. The molecule has 0 radical (unpaired) electrons. The highest BCUT2D eigenvalue weighted by Crippen LogP contribution is 2.40. The van der Waals surface area contributed by atoms with E-state index in [-0.39, 0.29) is 17.3 Å². The lowest BCUT2D eigenvalue weighted by atomic mass is 9.77. The zero-order valence-electron chi connectivity index (χ0n) is 18.4. The summed E-state index contributed by atoms with van der Waals surface area (Å²) >= 11 is 0. The Bertz CT molecular complexity index is 1160. The van der Waals surface area contributed by atoms with E-state index in [0.29, 0.717) is 17.7 Å². The molecule has 31 heavy (non-hydrogen) atoms. The van der Waals surface area contributed by atoms with Gasteiger partial charge in [-0.2, -0.15) is 0 Å². The Labute approximate surface area is 181 Å². The van der Waals surface area contributed by atoms with Gasteiger partial charge < -0.3 is 15.3 Å². The molecule has 0 saturated carbocycles. The molecule has 0 unspecified atom stereocenters. The second kappa shape index (κ2) is 6.85. The molecule has 2 aliphatic heterocycles. The Morgan fingerprint density at radius 1 is 1.16 bits per heavy atom. The van der Waals surface area contributed by atoms with E-state index < -0.39 is 11.7 Å². The Balaban J connectivity index is 1.50. The summed E-state index contributed by atoms with van der Waals surface area (Å²) in [6.45, 7) is 8.81. The van der Waals surface area contributed by atoms with E-state index in [9.17, 15) is 5.11 Å². The van der Waals surface area contributed by atoms with Crippen LogP contribution in [-0.2, 0) is 6.42 Å². The van der Waals surface area contributed by atoms with Crippen molar-refractivity contribution in [2.24, 2.45) is 0 Å². The van der Waals surface area contributed by atoms with Crippen LogP contribution in [0.15, 0.2) is 36.5 Å². The molecule has 6 nitrogen and oxygen atoms in total. The number of fused-ring (bicyclic) bond motifs is 2. The Morgan fingerprint density at radius 2 is 1.97 bits per heavy atom. The summed E-state index contributed by atoms with van der Waals surface area (Å²) in [6, 6.07) is 9.08. The third-order valence-electron chi connectivity index (χ3n) is 6.55. The number of phenols is 1. The minimum Gasteiger partial charge on any atom is -0.507 e. The van der Waals surface area contributed by atoms with E-state index in [1.807, 2.05) is 38.1 Å². The molecule has 4 heterocycles. The second-order valence-electron chi connectivity index (χ2n) is 9.99. The molecule has 0 bridgehead atoms. The topological polar surface area (TPSA) is 74.2 Å². The number of nitrogens with one attached hydrogen (secondary N) is 1. The molecule has 0 amide bonds. The summed E-state index contributed by atoms with van der Waals surface area (Å²) in [7, 11) is 0. The van der Waals surface area contributed by atoms with Crippen LogP contribution in [-0.4, -0.2) is 50.1 Å². The molecular formula is C24H28FN5O. The molecule has 162 valence electrons. The Kier molecular flexibility index (Phi) is 4.45. The lowest BCUT2D eigenvalue weighted by molar-refractivity contribution is 0.0555. The fourth-order valence-corrected chi connectivity index (χ4v) is 5.33. The number of halogens is 1. The zero-order chi connectivity index (χ0) is 22.0. The van der Waals surface area contributed by atoms with Crippen molar-refractivity contribution in [3.63, 3.8) is 0 Å². The summed E-state index contributed by atoms with van der Waals surface area (Å²) in [6.07, 6.45) is 2.15. The summed E-state index contributed by atoms with van der Waals surface area (Å²) in [4.78, 5) is 6.37. The molecule has 7 heteroatoms. The number of alkyl halides is 1. The maximum atomic E-state index is 15.5. The maximum Gasteiger partial charge on any atom is 0.154 e. The van der Waals surface area contributed by atoms with Gasteiger partial charge in [-0.1, -0.05) is 6.07 Å². The predicted molar refractivity (Wildman–Crippen MR) is 120 cm³/mol. The summed E-state index contributed by atoms with van der Waals surface area (Å²) in [5.41, 5.74) is 2.23. The van der Waals surface area contributed by atoms with Crippen molar-refractivity contribution in [2.45, 2.75) is 63.8 Å².